The molecule has 34 heavy (non-hydrogen) atoms. The number of rotatable bonds is 1. The van der Waals surface area contributed by atoms with Crippen LogP contribution in [0.5, 0.6) is 11.5 Å². The molecule has 0 N–H and O–H groups in total. The zero-order chi connectivity index (χ0) is 23.1. The molecule has 0 saturated carbocycles. The van der Waals surface area contributed by atoms with Gasteiger partial charge in [0, 0.05) is 5.69 Å². The van der Waals surface area contributed by atoms with Crippen LogP contribution in [0.2, 0.25) is 0 Å². The van der Waals surface area contributed by atoms with E-state index in [1.807, 2.05) is 36.4 Å². The smallest absolute Gasteiger partial charge is 0.151 e. The summed E-state index contributed by atoms with van der Waals surface area (Å²) in [6.45, 7) is 0. The van der Waals surface area contributed by atoms with Gasteiger partial charge < -0.3 is 9.64 Å². The molecule has 1 aliphatic heterocycles. The maximum absolute atomic E-state index is 9.66. The van der Waals surface area contributed by atoms with E-state index in [9.17, 15) is 10.5 Å². The highest BCUT2D eigenvalue weighted by molar-refractivity contribution is 5.86. The summed E-state index contributed by atoms with van der Waals surface area (Å²) in [5.41, 5.74) is 9.15. The van der Waals surface area contributed by atoms with Gasteiger partial charge in [-0.3, -0.25) is 0 Å². The first-order chi connectivity index (χ1) is 16.8. The number of nitrogens with zero attached hydrogens (tertiary/aromatic N) is 3. The maximum atomic E-state index is 9.66. The second-order valence-electron chi connectivity index (χ2n) is 8.67. The molecule has 0 radical (unpaired) electrons. The van der Waals surface area contributed by atoms with Crippen LogP contribution < -0.4 is 9.64 Å². The van der Waals surface area contributed by atoms with E-state index in [1.165, 1.54) is 11.1 Å². The Hall–Kier alpha value is -4.54. The lowest BCUT2D eigenvalue weighted by Crippen LogP contribution is -2.16. The van der Waals surface area contributed by atoms with Crippen molar-refractivity contribution in [3.8, 4) is 23.6 Å². The van der Waals surface area contributed by atoms with Crippen LogP contribution in [0.1, 0.15) is 33.4 Å². The van der Waals surface area contributed by atoms with E-state index in [4.69, 9.17) is 4.74 Å². The molecule has 0 amide bonds. The minimum atomic E-state index is 0.685. The third-order valence-corrected chi connectivity index (χ3v) is 6.84. The molecule has 0 saturated heterocycles. The normalized spacial score (nSPS) is 13.5. The summed E-state index contributed by atoms with van der Waals surface area (Å²) in [5, 5.41) is 19.3. The number of hydrogen-bond donors (Lipinski definition) is 0. The average molecular weight is 440 g/mol. The molecule has 0 fully saturated rings. The van der Waals surface area contributed by atoms with Gasteiger partial charge in [0.05, 0.1) is 34.6 Å². The predicted octanol–water partition coefficient (Wildman–Crippen LogP) is 6.89. The van der Waals surface area contributed by atoms with Crippen LogP contribution >= 0.6 is 0 Å². The van der Waals surface area contributed by atoms with Crippen molar-refractivity contribution in [2.24, 2.45) is 0 Å². The number of anilines is 3. The van der Waals surface area contributed by atoms with Crippen molar-refractivity contribution in [2.75, 3.05) is 4.90 Å². The lowest BCUT2D eigenvalue weighted by Gasteiger charge is -2.33. The highest BCUT2D eigenvalue weighted by atomic mass is 16.5. The third kappa shape index (κ3) is 3.20. The zero-order valence-electron chi connectivity index (χ0n) is 18.6. The van der Waals surface area contributed by atoms with E-state index >= 15 is 0 Å². The molecule has 0 bridgehead atoms. The molecule has 162 valence electrons. The van der Waals surface area contributed by atoms with Crippen LogP contribution in [-0.4, -0.2) is 0 Å². The summed E-state index contributed by atoms with van der Waals surface area (Å²) < 4.78 is 6.17. The van der Waals surface area contributed by atoms with Crippen LogP contribution in [0.4, 0.5) is 17.1 Å². The number of nitriles is 2. The van der Waals surface area contributed by atoms with Crippen LogP contribution in [0.3, 0.4) is 0 Å². The van der Waals surface area contributed by atoms with Crippen molar-refractivity contribution in [2.45, 2.75) is 25.7 Å². The Bertz CT molecular complexity index is 1480. The van der Waals surface area contributed by atoms with Gasteiger partial charge in [0.1, 0.15) is 0 Å². The van der Waals surface area contributed by atoms with Crippen LogP contribution in [-0.2, 0) is 25.7 Å². The quantitative estimate of drug-likeness (QED) is 0.285. The summed E-state index contributed by atoms with van der Waals surface area (Å²) in [5.74, 6) is 1.68. The number of fused-ring (bicyclic) bond motifs is 4. The summed E-state index contributed by atoms with van der Waals surface area (Å²) in [6, 6.07) is 31.1. The summed E-state index contributed by atoms with van der Waals surface area (Å²) in [4.78, 5) is 2.26. The van der Waals surface area contributed by atoms with Gasteiger partial charge in [0.25, 0.3) is 0 Å². The Balaban J connectivity index is 1.43. The van der Waals surface area contributed by atoms with E-state index in [2.05, 4.69) is 47.4 Å². The lowest BCUT2D eigenvalue weighted by atomic mass is 9.84. The van der Waals surface area contributed by atoms with Gasteiger partial charge in [-0.2, -0.15) is 10.5 Å². The van der Waals surface area contributed by atoms with E-state index in [-0.39, 0.29) is 0 Å². The van der Waals surface area contributed by atoms with Crippen molar-refractivity contribution in [3.63, 3.8) is 0 Å². The molecule has 0 aromatic heterocycles. The second kappa shape index (κ2) is 8.10. The Labute approximate surface area is 198 Å². The van der Waals surface area contributed by atoms with Crippen molar-refractivity contribution >= 4 is 17.1 Å². The minimum absolute atomic E-state index is 0.685. The first-order valence-corrected chi connectivity index (χ1v) is 11.5. The highest BCUT2D eigenvalue weighted by Gasteiger charge is 2.26. The molecule has 4 aromatic carbocycles. The van der Waals surface area contributed by atoms with Crippen LogP contribution in [0.25, 0.3) is 0 Å². The molecule has 0 spiro atoms. The van der Waals surface area contributed by atoms with E-state index in [1.54, 1.807) is 12.1 Å². The SMILES string of the molecule is N#Cc1ccc(C#N)c2c1CCc1ccc(N3c4ccccc4Oc4ccccc43)cc1CC2. The van der Waals surface area contributed by atoms with Gasteiger partial charge in [-0.25, -0.2) is 0 Å². The Morgan fingerprint density at radius 3 is 1.76 bits per heavy atom. The standard InChI is InChI=1S/C30H21N3O/c31-18-22-9-10-23(19-32)26-16-13-21-17-24(14-11-20(21)12-15-25(22)26)33-27-5-1-3-7-29(27)34-30-8-4-2-6-28(30)33/h1-11,14,17H,12-13,15-16H2. The van der Waals surface area contributed by atoms with Crippen LogP contribution in [0.15, 0.2) is 78.9 Å². The molecule has 4 aromatic rings. The molecular weight excluding hydrogens is 418 g/mol. The van der Waals surface area contributed by atoms with Gasteiger partial charge in [-0.1, -0.05) is 30.3 Å². The van der Waals surface area contributed by atoms with Gasteiger partial charge in [-0.15, -0.1) is 0 Å². The fourth-order valence-electron chi connectivity index (χ4n) is 5.20. The lowest BCUT2D eigenvalue weighted by molar-refractivity contribution is 0.477. The van der Waals surface area contributed by atoms with Crippen LogP contribution in [0, 0.1) is 22.7 Å². The highest BCUT2D eigenvalue weighted by Crippen LogP contribution is 2.50. The molecule has 0 atom stereocenters. The number of hydrogen-bond acceptors (Lipinski definition) is 4. The Morgan fingerprint density at radius 1 is 0.618 bits per heavy atom. The number of benzene rings is 4. The Morgan fingerprint density at radius 2 is 1.18 bits per heavy atom. The number of aryl methyl sites for hydroxylation is 2. The molecule has 4 heteroatoms. The first kappa shape index (κ1) is 20.1. The monoisotopic (exact) mass is 439 g/mol. The Kier molecular flexibility index (Phi) is 4.79. The molecular formula is C30H21N3O. The molecule has 1 heterocycles. The van der Waals surface area contributed by atoms with Crippen molar-refractivity contribution in [1.29, 1.82) is 10.5 Å². The topological polar surface area (TPSA) is 60.0 Å². The van der Waals surface area contributed by atoms with Gasteiger partial charge >= 0.3 is 0 Å². The maximum Gasteiger partial charge on any atom is 0.151 e. The number of ether oxygens (including phenoxy) is 1. The van der Waals surface area contributed by atoms with E-state index in [0.717, 1.165) is 65.4 Å². The molecule has 4 nitrogen and oxygen atoms in total. The summed E-state index contributed by atoms with van der Waals surface area (Å²) in [6.07, 6.45) is 3.19. The molecule has 0 unspecified atom stereocenters. The second-order valence-corrected chi connectivity index (χ2v) is 8.67. The van der Waals surface area contributed by atoms with Gasteiger partial charge in [0.2, 0.25) is 0 Å². The summed E-state index contributed by atoms with van der Waals surface area (Å²) in [7, 11) is 0. The van der Waals surface area contributed by atoms with Crippen molar-refractivity contribution < 1.29 is 4.74 Å². The zero-order valence-corrected chi connectivity index (χ0v) is 18.6. The van der Waals surface area contributed by atoms with E-state index in [0.29, 0.717) is 11.1 Å². The molecule has 6 rings (SSSR count). The van der Waals surface area contributed by atoms with Crippen molar-refractivity contribution in [1.82, 2.24) is 0 Å². The predicted molar refractivity (Wildman–Crippen MR) is 132 cm³/mol. The van der Waals surface area contributed by atoms with Gasteiger partial charge in [0.15, 0.2) is 11.5 Å². The van der Waals surface area contributed by atoms with Gasteiger partial charge in [-0.05, 0) is 96.5 Å². The number of para-hydroxylation sites is 4. The van der Waals surface area contributed by atoms with E-state index < -0.39 is 0 Å². The largest absolute Gasteiger partial charge is 0.453 e. The molecule has 1 aliphatic carbocycles. The fourth-order valence-corrected chi connectivity index (χ4v) is 5.20. The minimum Gasteiger partial charge on any atom is -0.453 e. The first-order valence-electron chi connectivity index (χ1n) is 11.5. The average Bonchev–Trinajstić information content (AvgIpc) is 2.87. The van der Waals surface area contributed by atoms with Crippen molar-refractivity contribution in [3.05, 3.63) is 112 Å². The molecule has 2 aliphatic rings. The fraction of sp³-hybridized carbons (Fsp3) is 0.133. The summed E-state index contributed by atoms with van der Waals surface area (Å²) >= 11 is 0. The third-order valence-electron chi connectivity index (χ3n) is 6.84.